The zero-order valence-electron chi connectivity index (χ0n) is 16.9. The van der Waals surface area contributed by atoms with Crippen molar-refractivity contribution < 1.29 is 23.9 Å². The highest BCUT2D eigenvalue weighted by molar-refractivity contribution is 5.96. The second kappa shape index (κ2) is 9.93. The van der Waals surface area contributed by atoms with Gasteiger partial charge in [0.1, 0.15) is 12.2 Å². The summed E-state index contributed by atoms with van der Waals surface area (Å²) >= 11 is 0. The molecule has 29 heavy (non-hydrogen) atoms. The molecule has 0 N–H and O–H groups in total. The van der Waals surface area contributed by atoms with Gasteiger partial charge in [-0.15, -0.1) is 0 Å². The molecule has 0 saturated carbocycles. The molecule has 2 atom stereocenters. The maximum atomic E-state index is 13.1. The fraction of sp³-hybridized carbons (Fsp3) is 0.550. The second-order valence-corrected chi connectivity index (χ2v) is 7.86. The Morgan fingerprint density at radius 2 is 2.03 bits per heavy atom. The summed E-state index contributed by atoms with van der Waals surface area (Å²) in [7, 11) is 0. The predicted octanol–water partition coefficient (Wildman–Crippen LogP) is 3.62. The van der Waals surface area contributed by atoms with Crippen LogP contribution < -0.4 is 0 Å². The van der Waals surface area contributed by atoms with Crippen molar-refractivity contribution in [2.75, 3.05) is 13.2 Å². The van der Waals surface area contributed by atoms with Gasteiger partial charge in [0.05, 0.1) is 12.5 Å². The lowest BCUT2D eigenvalue weighted by Crippen LogP contribution is -2.44. The summed E-state index contributed by atoms with van der Waals surface area (Å²) in [6.07, 6.45) is -0.356. The predicted molar refractivity (Wildman–Crippen MR) is 105 cm³/mol. The fourth-order valence-electron chi connectivity index (χ4n) is 3.12. The number of hydrogen-bond acceptors (Lipinski definition) is 6. The van der Waals surface area contributed by atoms with Crippen LogP contribution in [0.4, 0.5) is 4.79 Å². The first-order valence-electron chi connectivity index (χ1n) is 9.47. The van der Waals surface area contributed by atoms with Gasteiger partial charge in [-0.2, -0.15) is 0 Å². The van der Waals surface area contributed by atoms with E-state index in [9.17, 15) is 14.4 Å². The van der Waals surface area contributed by atoms with Gasteiger partial charge < -0.3 is 9.47 Å². The minimum absolute atomic E-state index is 0.0297. The SMILES string of the molecule is CC(C)(C)OC(=O)C[C@@H](CCN=[N+]=[N-])C(=O)N1C(=O)OCC1Cc1ccccc1. The summed E-state index contributed by atoms with van der Waals surface area (Å²) in [5.41, 5.74) is 8.78. The van der Waals surface area contributed by atoms with Gasteiger partial charge in [-0.3, -0.25) is 9.59 Å². The zero-order chi connectivity index (χ0) is 21.4. The molecule has 9 nitrogen and oxygen atoms in total. The third-order valence-corrected chi connectivity index (χ3v) is 4.34. The monoisotopic (exact) mass is 402 g/mol. The molecule has 0 radical (unpaired) electrons. The van der Waals surface area contributed by atoms with Crippen LogP contribution in [0.1, 0.15) is 39.2 Å². The molecule has 1 aliphatic rings. The number of amides is 2. The van der Waals surface area contributed by atoms with E-state index in [0.29, 0.717) is 6.42 Å². The van der Waals surface area contributed by atoms with Gasteiger partial charge in [0.2, 0.25) is 5.91 Å². The van der Waals surface area contributed by atoms with Crippen LogP contribution in [-0.4, -0.2) is 47.7 Å². The van der Waals surface area contributed by atoms with Crippen molar-refractivity contribution in [1.82, 2.24) is 4.90 Å². The summed E-state index contributed by atoms with van der Waals surface area (Å²) in [6, 6.07) is 9.00. The number of rotatable bonds is 8. The lowest BCUT2D eigenvalue weighted by molar-refractivity contribution is -0.158. The van der Waals surface area contributed by atoms with Crippen molar-refractivity contribution in [2.45, 2.75) is 51.7 Å². The first-order chi connectivity index (χ1) is 13.7. The van der Waals surface area contributed by atoms with E-state index >= 15 is 0 Å². The molecule has 1 aromatic carbocycles. The zero-order valence-corrected chi connectivity index (χ0v) is 16.9. The third-order valence-electron chi connectivity index (χ3n) is 4.34. The van der Waals surface area contributed by atoms with Gasteiger partial charge in [0.15, 0.2) is 0 Å². The van der Waals surface area contributed by atoms with E-state index in [4.69, 9.17) is 15.0 Å². The third kappa shape index (κ3) is 6.80. The van der Waals surface area contributed by atoms with E-state index < -0.39 is 35.5 Å². The highest BCUT2D eigenvalue weighted by Gasteiger charge is 2.41. The van der Waals surface area contributed by atoms with Gasteiger partial charge >= 0.3 is 12.1 Å². The van der Waals surface area contributed by atoms with E-state index in [-0.39, 0.29) is 26.0 Å². The topological polar surface area (TPSA) is 122 Å². The standard InChI is InChI=1S/C20H26N4O5/c1-20(2,3)29-17(25)12-15(9-10-22-23-21)18(26)24-16(13-28-19(24)27)11-14-7-5-4-6-8-14/h4-8,15-16H,9-13H2,1-3H3/t15-,16?/m1/s1. The minimum atomic E-state index is -0.848. The van der Waals surface area contributed by atoms with Crippen LogP contribution in [0, 0.1) is 5.92 Å². The molecule has 156 valence electrons. The number of esters is 1. The molecule has 1 aromatic rings. The average molecular weight is 402 g/mol. The summed E-state index contributed by atoms with van der Waals surface area (Å²) in [5, 5.41) is 3.45. The lowest BCUT2D eigenvalue weighted by Gasteiger charge is -2.26. The number of benzene rings is 1. The number of cyclic esters (lactones) is 1. The van der Waals surface area contributed by atoms with Gasteiger partial charge in [-0.25, -0.2) is 9.69 Å². The van der Waals surface area contributed by atoms with E-state index in [1.54, 1.807) is 20.8 Å². The van der Waals surface area contributed by atoms with Crippen molar-refractivity contribution in [3.63, 3.8) is 0 Å². The first-order valence-corrected chi connectivity index (χ1v) is 9.47. The van der Waals surface area contributed by atoms with E-state index in [0.717, 1.165) is 10.5 Å². The molecule has 0 bridgehead atoms. The van der Waals surface area contributed by atoms with E-state index in [2.05, 4.69) is 10.0 Å². The Hall–Kier alpha value is -3.06. The molecule has 1 heterocycles. The second-order valence-electron chi connectivity index (χ2n) is 7.86. The van der Waals surface area contributed by atoms with E-state index in [1.807, 2.05) is 30.3 Å². The number of nitrogens with zero attached hydrogens (tertiary/aromatic N) is 4. The highest BCUT2D eigenvalue weighted by atomic mass is 16.6. The van der Waals surface area contributed by atoms with Gasteiger partial charge in [-0.05, 0) is 44.7 Å². The molecule has 0 spiro atoms. The Morgan fingerprint density at radius 1 is 1.34 bits per heavy atom. The minimum Gasteiger partial charge on any atom is -0.460 e. The summed E-state index contributed by atoms with van der Waals surface area (Å²) in [4.78, 5) is 41.4. The van der Waals surface area contributed by atoms with Crippen LogP contribution in [0.15, 0.2) is 35.4 Å². The number of azide groups is 1. The molecule has 9 heteroatoms. The Kier molecular flexibility index (Phi) is 7.61. The Bertz CT molecular complexity index is 784. The summed E-state index contributed by atoms with van der Waals surface area (Å²) < 4.78 is 10.4. The first kappa shape index (κ1) is 22.2. The summed E-state index contributed by atoms with van der Waals surface area (Å²) in [6.45, 7) is 5.32. The fourth-order valence-corrected chi connectivity index (χ4v) is 3.12. The molecule has 1 unspecified atom stereocenters. The van der Waals surface area contributed by atoms with Gasteiger partial charge in [0, 0.05) is 17.4 Å². The molecule has 1 fully saturated rings. The van der Waals surface area contributed by atoms with Crippen LogP contribution >= 0.6 is 0 Å². The Balaban J connectivity index is 2.16. The number of carbonyl (C=O) groups excluding carboxylic acids is 3. The number of hydrogen-bond donors (Lipinski definition) is 0. The molecule has 2 rings (SSSR count). The quantitative estimate of drug-likeness (QED) is 0.284. The molecule has 1 saturated heterocycles. The highest BCUT2D eigenvalue weighted by Crippen LogP contribution is 2.24. The summed E-state index contributed by atoms with van der Waals surface area (Å²) in [5.74, 6) is -1.92. The van der Waals surface area contributed by atoms with Crippen LogP contribution in [0.2, 0.25) is 0 Å². The molecule has 1 aliphatic heterocycles. The Morgan fingerprint density at radius 3 is 2.66 bits per heavy atom. The maximum Gasteiger partial charge on any atom is 0.416 e. The molecule has 0 aromatic heterocycles. The molecule has 2 amide bonds. The normalized spacial score (nSPS) is 17.3. The van der Waals surface area contributed by atoms with Crippen molar-refractivity contribution in [2.24, 2.45) is 11.0 Å². The molecular formula is C20H26N4O5. The lowest BCUT2D eigenvalue weighted by atomic mass is 9.97. The number of ether oxygens (including phenoxy) is 2. The van der Waals surface area contributed by atoms with Crippen LogP contribution in [0.5, 0.6) is 0 Å². The maximum absolute atomic E-state index is 13.1. The van der Waals surface area contributed by atoms with Crippen molar-refractivity contribution >= 4 is 18.0 Å². The molecule has 0 aliphatic carbocycles. The van der Waals surface area contributed by atoms with Gasteiger partial charge in [-0.1, -0.05) is 35.4 Å². The van der Waals surface area contributed by atoms with Crippen LogP contribution in [0.25, 0.3) is 10.4 Å². The number of carbonyl (C=O) groups is 3. The molecular weight excluding hydrogens is 376 g/mol. The van der Waals surface area contributed by atoms with Crippen LogP contribution in [0.3, 0.4) is 0 Å². The van der Waals surface area contributed by atoms with Crippen molar-refractivity contribution in [3.8, 4) is 0 Å². The van der Waals surface area contributed by atoms with E-state index in [1.165, 1.54) is 0 Å². The number of imide groups is 1. The average Bonchev–Trinajstić information content (AvgIpc) is 3.00. The van der Waals surface area contributed by atoms with Crippen molar-refractivity contribution in [3.05, 3.63) is 46.3 Å². The smallest absolute Gasteiger partial charge is 0.416 e. The van der Waals surface area contributed by atoms with Gasteiger partial charge in [0.25, 0.3) is 0 Å². The largest absolute Gasteiger partial charge is 0.460 e. The van der Waals surface area contributed by atoms with Crippen molar-refractivity contribution in [1.29, 1.82) is 0 Å². The van der Waals surface area contributed by atoms with Crippen LogP contribution in [-0.2, 0) is 25.5 Å². The Labute approximate surface area is 169 Å².